The van der Waals surface area contributed by atoms with Crippen molar-refractivity contribution in [2.75, 3.05) is 26.7 Å². The largest absolute Gasteiger partial charge is 0.497 e. The molecule has 0 unspecified atom stereocenters. The van der Waals surface area contributed by atoms with Crippen molar-refractivity contribution >= 4 is 5.91 Å². The first-order valence-electron chi connectivity index (χ1n) is 7.84. The van der Waals surface area contributed by atoms with Crippen molar-refractivity contribution in [3.63, 3.8) is 0 Å². The molecular formula is C17H24N2O2. The first kappa shape index (κ1) is 14.4. The van der Waals surface area contributed by atoms with Gasteiger partial charge in [0.2, 0.25) is 5.91 Å². The number of nitrogens with one attached hydrogen (secondary N) is 1. The summed E-state index contributed by atoms with van der Waals surface area (Å²) >= 11 is 0. The van der Waals surface area contributed by atoms with Gasteiger partial charge in [-0.3, -0.25) is 4.79 Å². The number of hydrogen-bond donors (Lipinski definition) is 1. The van der Waals surface area contributed by atoms with E-state index in [9.17, 15) is 4.79 Å². The molecule has 0 bridgehead atoms. The average Bonchev–Trinajstić information content (AvgIpc) is 3.16. The molecule has 1 aromatic rings. The second-order valence-corrected chi connectivity index (χ2v) is 6.24. The van der Waals surface area contributed by atoms with Gasteiger partial charge < -0.3 is 15.0 Å². The Hall–Kier alpha value is -1.55. The van der Waals surface area contributed by atoms with Crippen LogP contribution in [0.15, 0.2) is 24.3 Å². The Kier molecular flexibility index (Phi) is 4.15. The lowest BCUT2D eigenvalue weighted by atomic mass is 9.97. The molecule has 3 rings (SSSR count). The number of carbonyl (C=O) groups excluding carboxylic acids is 1. The van der Waals surface area contributed by atoms with Crippen LogP contribution in [-0.2, 0) is 4.79 Å². The van der Waals surface area contributed by atoms with Crippen LogP contribution in [0.5, 0.6) is 5.75 Å². The van der Waals surface area contributed by atoms with Gasteiger partial charge in [-0.25, -0.2) is 0 Å². The molecule has 114 valence electrons. The van der Waals surface area contributed by atoms with Crippen LogP contribution in [0, 0.1) is 5.92 Å². The number of likely N-dealkylation sites (tertiary alicyclic amines) is 1. The van der Waals surface area contributed by atoms with Crippen molar-refractivity contribution in [2.24, 2.45) is 5.92 Å². The van der Waals surface area contributed by atoms with Crippen molar-refractivity contribution in [2.45, 2.75) is 31.7 Å². The van der Waals surface area contributed by atoms with Crippen LogP contribution in [0.2, 0.25) is 0 Å². The molecule has 2 aliphatic heterocycles. The van der Waals surface area contributed by atoms with Crippen LogP contribution in [0.25, 0.3) is 0 Å². The molecule has 2 fully saturated rings. The summed E-state index contributed by atoms with van der Waals surface area (Å²) in [6.45, 7) is 4.84. The van der Waals surface area contributed by atoms with Gasteiger partial charge in [-0.1, -0.05) is 12.1 Å². The van der Waals surface area contributed by atoms with Crippen LogP contribution in [0.1, 0.15) is 31.2 Å². The highest BCUT2D eigenvalue weighted by Gasteiger charge is 2.36. The van der Waals surface area contributed by atoms with E-state index in [1.807, 2.05) is 12.1 Å². The van der Waals surface area contributed by atoms with Gasteiger partial charge in [-0.2, -0.15) is 0 Å². The van der Waals surface area contributed by atoms with E-state index in [-0.39, 0.29) is 5.92 Å². The summed E-state index contributed by atoms with van der Waals surface area (Å²) < 4.78 is 5.21. The first-order valence-corrected chi connectivity index (χ1v) is 7.84. The van der Waals surface area contributed by atoms with Gasteiger partial charge in [-0.05, 0) is 44.0 Å². The highest BCUT2D eigenvalue weighted by atomic mass is 16.5. The predicted octanol–water partition coefficient (Wildman–Crippen LogP) is 2.01. The molecule has 0 aromatic heterocycles. The molecule has 0 spiro atoms. The first-order chi connectivity index (χ1) is 10.2. The van der Waals surface area contributed by atoms with Crippen molar-refractivity contribution in [1.29, 1.82) is 0 Å². The fourth-order valence-corrected chi connectivity index (χ4v) is 3.56. The van der Waals surface area contributed by atoms with Crippen LogP contribution >= 0.6 is 0 Å². The molecule has 1 aromatic carbocycles. The number of amides is 1. The standard InChI is InChI=1S/C17H24N2O2/c1-12-9-15(13-3-5-16(21-2)6-4-13)11-19(12)17(20)14-7-8-18-10-14/h3-6,12,14-15,18H,7-11H2,1-2H3/t12-,14+,15+/m0/s1. The molecule has 0 saturated carbocycles. The molecule has 21 heavy (non-hydrogen) atoms. The van der Waals surface area contributed by atoms with E-state index in [0.717, 1.165) is 38.2 Å². The van der Waals surface area contributed by atoms with E-state index in [4.69, 9.17) is 4.74 Å². The lowest BCUT2D eigenvalue weighted by Gasteiger charge is -2.24. The topological polar surface area (TPSA) is 41.6 Å². The van der Waals surface area contributed by atoms with Gasteiger partial charge in [0.05, 0.1) is 13.0 Å². The smallest absolute Gasteiger partial charge is 0.227 e. The number of hydrogen-bond acceptors (Lipinski definition) is 3. The maximum absolute atomic E-state index is 12.6. The Labute approximate surface area is 126 Å². The summed E-state index contributed by atoms with van der Waals surface area (Å²) in [5, 5.41) is 3.29. The highest BCUT2D eigenvalue weighted by Crippen LogP contribution is 2.33. The Morgan fingerprint density at radius 2 is 2.10 bits per heavy atom. The van der Waals surface area contributed by atoms with Gasteiger partial charge in [-0.15, -0.1) is 0 Å². The summed E-state index contributed by atoms with van der Waals surface area (Å²) in [5.41, 5.74) is 1.31. The Bertz CT molecular complexity index is 494. The zero-order valence-electron chi connectivity index (χ0n) is 12.8. The van der Waals surface area contributed by atoms with E-state index in [2.05, 4.69) is 29.3 Å². The van der Waals surface area contributed by atoms with Crippen molar-refractivity contribution < 1.29 is 9.53 Å². The molecule has 2 aliphatic rings. The second kappa shape index (κ2) is 6.06. The van der Waals surface area contributed by atoms with Gasteiger partial charge in [0.15, 0.2) is 0 Å². The van der Waals surface area contributed by atoms with Crippen LogP contribution in [0.4, 0.5) is 0 Å². The van der Waals surface area contributed by atoms with Gasteiger partial charge in [0.25, 0.3) is 0 Å². The van der Waals surface area contributed by atoms with E-state index in [1.165, 1.54) is 5.56 Å². The molecule has 1 amide bonds. The molecule has 1 N–H and O–H groups in total. The Morgan fingerprint density at radius 3 is 2.71 bits per heavy atom. The van der Waals surface area contributed by atoms with Crippen LogP contribution < -0.4 is 10.1 Å². The fraction of sp³-hybridized carbons (Fsp3) is 0.588. The molecule has 2 heterocycles. The average molecular weight is 288 g/mol. The van der Waals surface area contributed by atoms with E-state index < -0.39 is 0 Å². The number of methoxy groups -OCH3 is 1. The molecule has 0 radical (unpaired) electrons. The molecule has 0 aliphatic carbocycles. The molecule has 4 heteroatoms. The predicted molar refractivity (Wildman–Crippen MR) is 82.5 cm³/mol. The lowest BCUT2D eigenvalue weighted by Crippen LogP contribution is -2.39. The summed E-state index contributed by atoms with van der Waals surface area (Å²) in [6, 6.07) is 8.60. The third-order valence-corrected chi connectivity index (χ3v) is 4.85. The molecule has 2 saturated heterocycles. The fourth-order valence-electron chi connectivity index (χ4n) is 3.56. The normalized spacial score (nSPS) is 28.9. The van der Waals surface area contributed by atoms with Gasteiger partial charge in [0.1, 0.15) is 5.75 Å². The number of ether oxygens (including phenoxy) is 1. The van der Waals surface area contributed by atoms with E-state index >= 15 is 0 Å². The molecule has 4 nitrogen and oxygen atoms in total. The summed E-state index contributed by atoms with van der Waals surface area (Å²) in [5.74, 6) is 1.85. The maximum atomic E-state index is 12.6. The lowest BCUT2D eigenvalue weighted by molar-refractivity contribution is -0.135. The van der Waals surface area contributed by atoms with Crippen LogP contribution in [0.3, 0.4) is 0 Å². The monoisotopic (exact) mass is 288 g/mol. The zero-order chi connectivity index (χ0) is 14.8. The minimum Gasteiger partial charge on any atom is -0.497 e. The number of benzene rings is 1. The minimum absolute atomic E-state index is 0.182. The van der Waals surface area contributed by atoms with E-state index in [0.29, 0.717) is 17.9 Å². The summed E-state index contributed by atoms with van der Waals surface area (Å²) in [4.78, 5) is 14.7. The van der Waals surface area contributed by atoms with Crippen molar-refractivity contribution in [3.05, 3.63) is 29.8 Å². The minimum atomic E-state index is 0.182. The Balaban J connectivity index is 1.68. The number of nitrogens with zero attached hydrogens (tertiary/aromatic N) is 1. The number of rotatable bonds is 3. The maximum Gasteiger partial charge on any atom is 0.227 e. The molecule has 3 atom stereocenters. The second-order valence-electron chi connectivity index (χ2n) is 6.24. The van der Waals surface area contributed by atoms with E-state index in [1.54, 1.807) is 7.11 Å². The van der Waals surface area contributed by atoms with Crippen LogP contribution in [-0.4, -0.2) is 43.6 Å². The van der Waals surface area contributed by atoms with Gasteiger partial charge in [0, 0.05) is 25.0 Å². The highest BCUT2D eigenvalue weighted by molar-refractivity contribution is 5.80. The number of carbonyl (C=O) groups is 1. The van der Waals surface area contributed by atoms with Crippen molar-refractivity contribution in [1.82, 2.24) is 10.2 Å². The SMILES string of the molecule is COc1ccc([C@@H]2C[C@H](C)N(C(=O)[C@@H]3CCNC3)C2)cc1. The van der Waals surface area contributed by atoms with Crippen molar-refractivity contribution in [3.8, 4) is 5.75 Å². The molecular weight excluding hydrogens is 264 g/mol. The van der Waals surface area contributed by atoms with Gasteiger partial charge >= 0.3 is 0 Å². The Morgan fingerprint density at radius 1 is 1.33 bits per heavy atom. The quantitative estimate of drug-likeness (QED) is 0.925. The third kappa shape index (κ3) is 2.91. The summed E-state index contributed by atoms with van der Waals surface area (Å²) in [6.07, 6.45) is 2.04. The summed E-state index contributed by atoms with van der Waals surface area (Å²) in [7, 11) is 1.68. The third-order valence-electron chi connectivity index (χ3n) is 4.85. The zero-order valence-corrected chi connectivity index (χ0v) is 12.8.